The maximum atomic E-state index is 14.0. The van der Waals surface area contributed by atoms with Crippen molar-refractivity contribution in [3.8, 4) is 10.4 Å². The normalized spacial score (nSPS) is 16.0. The Morgan fingerprint density at radius 2 is 1.48 bits per heavy atom. The zero-order valence-electron chi connectivity index (χ0n) is 37.0. The molecule has 1 aliphatic heterocycles. The number of anilines is 3. The van der Waals surface area contributed by atoms with Crippen molar-refractivity contribution in [1.29, 1.82) is 0 Å². The van der Waals surface area contributed by atoms with Gasteiger partial charge >= 0.3 is 0 Å². The number of hydrogen-bond donors (Lipinski definition) is 6. The van der Waals surface area contributed by atoms with E-state index < -0.39 is 35.3 Å². The minimum absolute atomic E-state index is 0.0143. The summed E-state index contributed by atoms with van der Waals surface area (Å²) in [5.74, 6) is -1.94. The first-order chi connectivity index (χ1) is 30.0. The number of hydrogen-bond acceptors (Lipinski definition) is 9. The molecule has 1 aromatic heterocycles. The second-order valence-corrected chi connectivity index (χ2v) is 18.4. The zero-order valence-corrected chi connectivity index (χ0v) is 37.8. The van der Waals surface area contributed by atoms with Gasteiger partial charge in [-0.3, -0.25) is 24.0 Å². The standard InChI is InChI=1S/C48H62FN7O6S/c1-30(32-16-18-33(19-17-32)43-31(2)51-29-63-43)52-46(61)40-27-37(57)28-56(40)47(62)44(48(3,4)5)55-42(59)15-13-11-9-7-6-8-10-12-14-41(58)53-36-23-20-34(21-24-36)45(60)54-39-25-22-35(49)26-38(39)50/h16-26,29-30,37,40,44,57H,6-15,27-28,50H2,1-5H3,(H,52,61)(H,53,58)(H,54,60)(H,55,59). The molecule has 2 heterocycles. The van der Waals surface area contributed by atoms with Crippen molar-refractivity contribution in [1.82, 2.24) is 20.5 Å². The minimum atomic E-state index is -0.873. The smallest absolute Gasteiger partial charge is 0.255 e. The lowest BCUT2D eigenvalue weighted by Crippen LogP contribution is -2.57. The molecule has 13 nitrogen and oxygen atoms in total. The lowest BCUT2D eigenvalue weighted by atomic mass is 9.85. The Morgan fingerprint density at radius 1 is 0.857 bits per heavy atom. The number of halogens is 1. The van der Waals surface area contributed by atoms with E-state index in [-0.39, 0.29) is 54.7 Å². The molecular weight excluding hydrogens is 822 g/mol. The Hall–Kier alpha value is -5.67. The number of unbranched alkanes of at least 4 members (excludes halogenated alkanes) is 7. The summed E-state index contributed by atoms with van der Waals surface area (Å²) in [6.07, 6.45) is 7.16. The number of nitrogens with one attached hydrogen (secondary N) is 4. The molecule has 3 aromatic carbocycles. The average molecular weight is 884 g/mol. The molecule has 15 heteroatoms. The fourth-order valence-corrected chi connectivity index (χ4v) is 8.46. The van der Waals surface area contributed by atoms with E-state index in [1.165, 1.54) is 17.0 Å². The predicted molar refractivity (Wildman–Crippen MR) is 246 cm³/mol. The highest BCUT2D eigenvalue weighted by atomic mass is 32.1. The topological polar surface area (TPSA) is 196 Å². The summed E-state index contributed by atoms with van der Waals surface area (Å²) in [4.78, 5) is 72.7. The van der Waals surface area contributed by atoms with Crippen LogP contribution in [0.25, 0.3) is 10.4 Å². The van der Waals surface area contributed by atoms with Crippen LogP contribution in [0.3, 0.4) is 0 Å². The zero-order chi connectivity index (χ0) is 45.7. The molecule has 0 aliphatic carbocycles. The summed E-state index contributed by atoms with van der Waals surface area (Å²) >= 11 is 1.58. The number of aryl methyl sites for hydroxylation is 1. The lowest BCUT2D eigenvalue weighted by Gasteiger charge is -2.35. The number of benzene rings is 3. The van der Waals surface area contributed by atoms with Gasteiger partial charge in [-0.25, -0.2) is 9.37 Å². The molecule has 0 spiro atoms. The van der Waals surface area contributed by atoms with Crippen LogP contribution in [0.15, 0.2) is 72.2 Å². The molecule has 4 aromatic rings. The average Bonchev–Trinajstić information content (AvgIpc) is 3.86. The number of nitrogens with two attached hydrogens (primary N) is 1. The fourth-order valence-electron chi connectivity index (χ4n) is 7.65. The summed E-state index contributed by atoms with van der Waals surface area (Å²) in [6, 6.07) is 16.1. The lowest BCUT2D eigenvalue weighted by molar-refractivity contribution is -0.144. The van der Waals surface area contributed by atoms with Crippen molar-refractivity contribution >= 4 is 57.9 Å². The van der Waals surface area contributed by atoms with Crippen LogP contribution in [0, 0.1) is 18.2 Å². The number of thiazole rings is 1. The molecular formula is C48H62FN7O6S. The molecule has 63 heavy (non-hydrogen) atoms. The molecule has 1 fully saturated rings. The van der Waals surface area contributed by atoms with Crippen molar-refractivity contribution in [2.24, 2.45) is 5.41 Å². The van der Waals surface area contributed by atoms with Gasteiger partial charge in [-0.15, -0.1) is 11.3 Å². The van der Waals surface area contributed by atoms with Crippen LogP contribution in [-0.4, -0.2) is 69.3 Å². The van der Waals surface area contributed by atoms with Crippen molar-refractivity contribution < 1.29 is 33.5 Å². The van der Waals surface area contributed by atoms with Crippen LogP contribution < -0.4 is 27.0 Å². The van der Waals surface area contributed by atoms with Gasteiger partial charge in [0.25, 0.3) is 5.91 Å². The van der Waals surface area contributed by atoms with E-state index in [2.05, 4.69) is 26.3 Å². The van der Waals surface area contributed by atoms with Crippen molar-refractivity contribution in [3.05, 3.63) is 94.9 Å². The number of aliphatic hydroxyl groups is 1. The number of carbonyl (C=O) groups is 5. The van der Waals surface area contributed by atoms with Crippen LogP contribution in [0.5, 0.6) is 0 Å². The van der Waals surface area contributed by atoms with E-state index in [1.54, 1.807) is 35.6 Å². The molecule has 338 valence electrons. The molecule has 5 rings (SSSR count). The molecule has 4 atom stereocenters. The minimum Gasteiger partial charge on any atom is -0.397 e. The molecule has 1 aliphatic rings. The van der Waals surface area contributed by atoms with Crippen molar-refractivity contribution in [2.75, 3.05) is 22.9 Å². The monoisotopic (exact) mass is 883 g/mol. The van der Waals surface area contributed by atoms with Crippen LogP contribution in [0.4, 0.5) is 21.5 Å². The summed E-state index contributed by atoms with van der Waals surface area (Å²) in [6.45, 7) is 9.50. The Morgan fingerprint density at radius 3 is 2.06 bits per heavy atom. The number of likely N-dealkylation sites (tertiary alicyclic amines) is 1. The van der Waals surface area contributed by atoms with E-state index in [4.69, 9.17) is 5.73 Å². The SMILES string of the molecule is Cc1ncsc1-c1ccc(C(C)NC(=O)C2CC(O)CN2C(=O)C(NC(=O)CCCCCCCCCCC(=O)Nc2ccc(C(=O)Nc3ccc(F)cc3N)cc2)C(C)(C)C)cc1. The quantitative estimate of drug-likeness (QED) is 0.0377. The molecule has 1 saturated heterocycles. The summed E-state index contributed by atoms with van der Waals surface area (Å²) in [7, 11) is 0. The number of nitrogens with zero attached hydrogens (tertiary/aromatic N) is 2. The maximum Gasteiger partial charge on any atom is 0.255 e. The molecule has 5 amide bonds. The van der Waals surface area contributed by atoms with Crippen molar-refractivity contribution in [2.45, 2.75) is 129 Å². The molecule has 0 bridgehead atoms. The third-order valence-electron chi connectivity index (χ3n) is 11.3. The largest absolute Gasteiger partial charge is 0.397 e. The first-order valence-corrected chi connectivity index (χ1v) is 22.7. The Balaban J connectivity index is 0.957. The first-order valence-electron chi connectivity index (χ1n) is 21.8. The van der Waals surface area contributed by atoms with Crippen LogP contribution in [0.1, 0.15) is 126 Å². The van der Waals surface area contributed by atoms with Gasteiger partial charge in [-0.1, -0.05) is 83.6 Å². The Labute approximate surface area is 373 Å². The highest BCUT2D eigenvalue weighted by Gasteiger charge is 2.44. The molecule has 7 N–H and O–H groups in total. The number of aliphatic hydroxyl groups excluding tert-OH is 1. The summed E-state index contributed by atoms with van der Waals surface area (Å²) < 4.78 is 13.3. The maximum absolute atomic E-state index is 14.0. The molecule has 4 unspecified atom stereocenters. The second kappa shape index (κ2) is 22.6. The molecule has 0 radical (unpaired) electrons. The van der Waals surface area contributed by atoms with Gasteiger partial charge in [0, 0.05) is 37.1 Å². The van der Waals surface area contributed by atoms with Crippen LogP contribution in [-0.2, 0) is 19.2 Å². The van der Waals surface area contributed by atoms with Gasteiger partial charge in [0.15, 0.2) is 0 Å². The Kier molecular flexibility index (Phi) is 17.4. The van der Waals surface area contributed by atoms with Gasteiger partial charge in [0.2, 0.25) is 23.6 Å². The highest BCUT2D eigenvalue weighted by Crippen LogP contribution is 2.30. The third-order valence-corrected chi connectivity index (χ3v) is 12.3. The summed E-state index contributed by atoms with van der Waals surface area (Å²) in [5, 5.41) is 22.1. The number of rotatable bonds is 20. The Bertz CT molecular complexity index is 2190. The van der Waals surface area contributed by atoms with E-state index >= 15 is 0 Å². The van der Waals surface area contributed by atoms with Gasteiger partial charge < -0.3 is 37.0 Å². The highest BCUT2D eigenvalue weighted by molar-refractivity contribution is 7.13. The van der Waals surface area contributed by atoms with E-state index in [0.29, 0.717) is 29.8 Å². The van der Waals surface area contributed by atoms with Gasteiger partial charge in [0.05, 0.1) is 39.6 Å². The van der Waals surface area contributed by atoms with E-state index in [1.807, 2.05) is 64.4 Å². The predicted octanol–water partition coefficient (Wildman–Crippen LogP) is 8.30. The number of aromatic nitrogens is 1. The summed E-state index contributed by atoms with van der Waals surface area (Å²) in [5.41, 5.74) is 11.3. The number of carbonyl (C=O) groups excluding carboxylic acids is 5. The van der Waals surface area contributed by atoms with Crippen LogP contribution >= 0.6 is 11.3 Å². The third kappa shape index (κ3) is 14.2. The van der Waals surface area contributed by atoms with E-state index in [0.717, 1.165) is 72.7 Å². The number of nitrogen functional groups attached to an aromatic ring is 1. The number of amides is 5. The second-order valence-electron chi connectivity index (χ2n) is 17.5. The molecule has 0 saturated carbocycles. The van der Waals surface area contributed by atoms with E-state index in [9.17, 15) is 33.5 Å². The van der Waals surface area contributed by atoms with Gasteiger partial charge in [-0.05, 0) is 85.7 Å². The van der Waals surface area contributed by atoms with Gasteiger partial charge in [-0.2, -0.15) is 0 Å². The number of β-amino-alcohol motifs (C(OH)–C–C–N with tert-alkyl or cyclic N) is 1. The van der Waals surface area contributed by atoms with Gasteiger partial charge in [0.1, 0.15) is 17.9 Å². The first kappa shape index (κ1) is 48.4. The van der Waals surface area contributed by atoms with Crippen LogP contribution in [0.2, 0.25) is 0 Å². The fraction of sp³-hybridized carbons (Fsp3) is 0.458. The van der Waals surface area contributed by atoms with Crippen molar-refractivity contribution in [3.63, 3.8) is 0 Å².